The van der Waals surface area contributed by atoms with Gasteiger partial charge in [0.05, 0.1) is 5.56 Å². The summed E-state index contributed by atoms with van der Waals surface area (Å²) >= 11 is 0. The molecule has 3 nitrogen and oxygen atoms in total. The zero-order valence-corrected chi connectivity index (χ0v) is 7.56. The van der Waals surface area contributed by atoms with Crippen LogP contribution < -0.4 is 0 Å². The lowest BCUT2D eigenvalue weighted by molar-refractivity contribution is 0.0690. The second-order valence-electron chi connectivity index (χ2n) is 3.15. The van der Waals surface area contributed by atoms with Gasteiger partial charge < -0.3 is 4.74 Å². The van der Waals surface area contributed by atoms with Crippen LogP contribution in [0.4, 0.5) is 0 Å². The van der Waals surface area contributed by atoms with Gasteiger partial charge in [-0.15, -0.1) is 0 Å². The summed E-state index contributed by atoms with van der Waals surface area (Å²) in [5, 5.41) is 0. The molecule has 1 saturated carbocycles. The molecule has 1 aromatic rings. The second kappa shape index (κ2) is 3.93. The van der Waals surface area contributed by atoms with E-state index in [1.54, 1.807) is 18.3 Å². The van der Waals surface area contributed by atoms with Crippen molar-refractivity contribution in [1.29, 1.82) is 0 Å². The number of hydrogen-bond donors (Lipinski definition) is 0. The van der Waals surface area contributed by atoms with Crippen LogP contribution in [-0.2, 0) is 4.74 Å². The van der Waals surface area contributed by atoms with Crippen molar-refractivity contribution in [2.24, 2.45) is 5.92 Å². The quantitative estimate of drug-likeness (QED) is 0.495. The molecule has 0 unspecified atom stereocenters. The van der Waals surface area contributed by atoms with Crippen LogP contribution in [0.15, 0.2) is 24.5 Å². The maximum absolute atomic E-state index is 11.3. The van der Waals surface area contributed by atoms with Crippen molar-refractivity contribution in [2.45, 2.75) is 12.8 Å². The van der Waals surface area contributed by atoms with E-state index < -0.39 is 5.97 Å². The first-order chi connectivity index (χ1) is 6.86. The third-order valence-electron chi connectivity index (χ3n) is 1.88. The number of carbonyl (C=O) groups excluding carboxylic acids is 1. The van der Waals surface area contributed by atoms with Gasteiger partial charge in [-0.05, 0) is 25.0 Å². The third kappa shape index (κ3) is 2.33. The molecule has 1 fully saturated rings. The number of aromatic nitrogens is 1. The number of carbonyl (C=O) groups is 1. The van der Waals surface area contributed by atoms with Gasteiger partial charge in [0, 0.05) is 18.3 Å². The molecular weight excluding hydrogens is 178 g/mol. The van der Waals surface area contributed by atoms with E-state index in [4.69, 9.17) is 4.74 Å². The van der Waals surface area contributed by atoms with Crippen molar-refractivity contribution in [2.75, 3.05) is 0 Å². The highest BCUT2D eigenvalue weighted by Gasteiger charge is 2.18. The highest BCUT2D eigenvalue weighted by atomic mass is 16.5. The molecule has 0 amide bonds. The lowest BCUT2D eigenvalue weighted by atomic mass is 10.3. The summed E-state index contributed by atoms with van der Waals surface area (Å²) in [7, 11) is 0. The first-order valence-electron chi connectivity index (χ1n) is 4.48. The van der Waals surface area contributed by atoms with Gasteiger partial charge in [-0.1, -0.05) is 5.92 Å². The molecule has 1 heterocycles. The highest BCUT2D eigenvalue weighted by molar-refractivity contribution is 5.89. The van der Waals surface area contributed by atoms with Crippen LogP contribution in [0.1, 0.15) is 23.2 Å². The fourth-order valence-electron chi connectivity index (χ4n) is 0.929. The SMILES string of the molecule is O=C(OC#CC1CC1)c1cccnc1. The molecule has 0 spiro atoms. The molecule has 0 N–H and O–H groups in total. The highest BCUT2D eigenvalue weighted by Crippen LogP contribution is 2.27. The minimum absolute atomic E-state index is 0.428. The van der Waals surface area contributed by atoms with Gasteiger partial charge in [0.25, 0.3) is 0 Å². The smallest absolute Gasteiger partial charge is 0.353 e. The Morgan fingerprint density at radius 3 is 3.07 bits per heavy atom. The Bertz CT molecular complexity index is 385. The van der Waals surface area contributed by atoms with Crippen LogP contribution in [0.25, 0.3) is 0 Å². The van der Waals surface area contributed by atoms with E-state index in [1.807, 2.05) is 0 Å². The lowest BCUT2D eigenvalue weighted by Gasteiger charge is -1.93. The van der Waals surface area contributed by atoms with Crippen LogP contribution in [0, 0.1) is 17.9 Å². The molecule has 0 aromatic carbocycles. The Balaban J connectivity index is 1.93. The molecule has 3 heteroatoms. The monoisotopic (exact) mass is 187 g/mol. The molecule has 0 aliphatic heterocycles. The van der Waals surface area contributed by atoms with Crippen LogP contribution in [-0.4, -0.2) is 11.0 Å². The summed E-state index contributed by atoms with van der Waals surface area (Å²) < 4.78 is 4.74. The van der Waals surface area contributed by atoms with Gasteiger partial charge in [-0.25, -0.2) is 4.79 Å². The first-order valence-corrected chi connectivity index (χ1v) is 4.48. The lowest BCUT2D eigenvalue weighted by Crippen LogP contribution is -2.00. The summed E-state index contributed by atoms with van der Waals surface area (Å²) in [6, 6.07) is 3.33. The largest absolute Gasteiger partial charge is 0.368 e. The zero-order valence-electron chi connectivity index (χ0n) is 7.56. The average Bonchev–Trinajstić information content (AvgIpc) is 3.03. The minimum atomic E-state index is -0.439. The van der Waals surface area contributed by atoms with Gasteiger partial charge in [-0.2, -0.15) is 0 Å². The van der Waals surface area contributed by atoms with Crippen LogP contribution >= 0.6 is 0 Å². The Morgan fingerprint density at radius 1 is 1.57 bits per heavy atom. The molecule has 0 atom stereocenters. The van der Waals surface area contributed by atoms with Gasteiger partial charge >= 0.3 is 5.97 Å². The standard InChI is InChI=1S/C11H9NO2/c13-11(10-2-1-6-12-8-10)14-7-5-9-3-4-9/h1-2,6,8-9H,3-4H2. The molecule has 1 aromatic heterocycles. The van der Waals surface area contributed by atoms with Crippen molar-refractivity contribution in [3.8, 4) is 12.0 Å². The molecule has 1 aliphatic carbocycles. The van der Waals surface area contributed by atoms with E-state index >= 15 is 0 Å². The van der Waals surface area contributed by atoms with E-state index in [-0.39, 0.29) is 0 Å². The summed E-state index contributed by atoms with van der Waals surface area (Å²) in [6.45, 7) is 0. The Kier molecular flexibility index (Phi) is 2.46. The summed E-state index contributed by atoms with van der Waals surface area (Å²) in [6.07, 6.45) is 7.73. The molecule has 0 saturated heterocycles. The van der Waals surface area contributed by atoms with Crippen molar-refractivity contribution in [3.63, 3.8) is 0 Å². The number of pyridine rings is 1. The Morgan fingerprint density at radius 2 is 2.43 bits per heavy atom. The number of nitrogens with zero attached hydrogens (tertiary/aromatic N) is 1. The van der Waals surface area contributed by atoms with Crippen LogP contribution in [0.3, 0.4) is 0 Å². The first kappa shape index (κ1) is 8.76. The van der Waals surface area contributed by atoms with E-state index in [0.717, 1.165) is 12.8 Å². The van der Waals surface area contributed by atoms with E-state index in [0.29, 0.717) is 11.5 Å². The topological polar surface area (TPSA) is 39.2 Å². The molecule has 2 rings (SSSR count). The normalized spacial score (nSPS) is 14.0. The Hall–Kier alpha value is -1.82. The Labute approximate surface area is 82.1 Å². The van der Waals surface area contributed by atoms with Gasteiger partial charge in [0.1, 0.15) is 6.11 Å². The maximum atomic E-state index is 11.3. The van der Waals surface area contributed by atoms with Crippen molar-refractivity contribution < 1.29 is 9.53 Å². The maximum Gasteiger partial charge on any atom is 0.353 e. The molecule has 1 aliphatic rings. The number of esters is 1. The van der Waals surface area contributed by atoms with Gasteiger partial charge in [-0.3, -0.25) is 4.98 Å². The summed E-state index contributed by atoms with van der Waals surface area (Å²) in [4.78, 5) is 15.1. The predicted molar refractivity (Wildman–Crippen MR) is 50.2 cm³/mol. The average molecular weight is 187 g/mol. The zero-order chi connectivity index (χ0) is 9.80. The van der Waals surface area contributed by atoms with E-state index in [1.165, 1.54) is 6.20 Å². The molecule has 70 valence electrons. The summed E-state index contributed by atoms with van der Waals surface area (Å²) in [5.74, 6) is 2.85. The van der Waals surface area contributed by atoms with Crippen molar-refractivity contribution >= 4 is 5.97 Å². The molecular formula is C11H9NO2. The third-order valence-corrected chi connectivity index (χ3v) is 1.88. The van der Waals surface area contributed by atoms with Crippen molar-refractivity contribution in [1.82, 2.24) is 4.98 Å². The van der Waals surface area contributed by atoms with E-state index in [9.17, 15) is 4.79 Å². The summed E-state index contributed by atoms with van der Waals surface area (Å²) in [5.41, 5.74) is 0.428. The minimum Gasteiger partial charge on any atom is -0.368 e. The molecule has 0 bridgehead atoms. The van der Waals surface area contributed by atoms with Crippen molar-refractivity contribution in [3.05, 3.63) is 30.1 Å². The second-order valence-corrected chi connectivity index (χ2v) is 3.15. The fraction of sp³-hybridized carbons (Fsp3) is 0.273. The number of rotatable bonds is 1. The van der Waals surface area contributed by atoms with Gasteiger partial charge in [0.15, 0.2) is 0 Å². The molecule has 14 heavy (non-hydrogen) atoms. The van der Waals surface area contributed by atoms with Crippen LogP contribution in [0.2, 0.25) is 0 Å². The van der Waals surface area contributed by atoms with E-state index in [2.05, 4.69) is 17.0 Å². The number of hydrogen-bond acceptors (Lipinski definition) is 3. The predicted octanol–water partition coefficient (Wildman–Crippen LogP) is 1.61. The van der Waals surface area contributed by atoms with Gasteiger partial charge in [0.2, 0.25) is 0 Å². The number of ether oxygens (including phenoxy) is 1. The fourth-order valence-corrected chi connectivity index (χ4v) is 0.929. The molecule has 0 radical (unpaired) electrons. The van der Waals surface area contributed by atoms with Crippen LogP contribution in [0.5, 0.6) is 0 Å².